The number of nitrogens with zero attached hydrogens (tertiary/aromatic N) is 1. The Morgan fingerprint density at radius 3 is 2.47 bits per heavy atom. The standard InChI is InChI=1S/C15H19NO/c1-17-14-8-6-7-13(11-14)15(12-16)9-4-2-3-5-10-15/h6-8,11H,2-5,9-10H2,1H3. The Morgan fingerprint density at radius 1 is 1.18 bits per heavy atom. The minimum absolute atomic E-state index is 0.287. The predicted molar refractivity (Wildman–Crippen MR) is 68.0 cm³/mol. The molecule has 1 saturated carbocycles. The van der Waals surface area contributed by atoms with Gasteiger partial charge in [-0.05, 0) is 30.5 Å². The average molecular weight is 229 g/mol. The molecule has 2 nitrogen and oxygen atoms in total. The molecular weight excluding hydrogens is 210 g/mol. The van der Waals surface area contributed by atoms with E-state index in [1.54, 1.807) is 7.11 Å². The zero-order valence-electron chi connectivity index (χ0n) is 10.4. The number of nitriles is 1. The highest BCUT2D eigenvalue weighted by molar-refractivity contribution is 5.38. The van der Waals surface area contributed by atoms with Crippen LogP contribution in [0.2, 0.25) is 0 Å². The van der Waals surface area contributed by atoms with E-state index < -0.39 is 0 Å². The summed E-state index contributed by atoms with van der Waals surface area (Å²) >= 11 is 0. The minimum atomic E-state index is -0.287. The second kappa shape index (κ2) is 5.23. The SMILES string of the molecule is COc1cccc(C2(C#N)CCCCCC2)c1. The maximum absolute atomic E-state index is 9.59. The molecule has 90 valence electrons. The van der Waals surface area contributed by atoms with Crippen LogP contribution in [0.3, 0.4) is 0 Å². The lowest BCUT2D eigenvalue weighted by Gasteiger charge is -2.25. The summed E-state index contributed by atoms with van der Waals surface area (Å²) in [6.45, 7) is 0. The molecule has 0 aliphatic heterocycles. The highest BCUT2D eigenvalue weighted by atomic mass is 16.5. The first-order chi connectivity index (χ1) is 8.30. The summed E-state index contributed by atoms with van der Waals surface area (Å²) in [5.41, 5.74) is 0.839. The van der Waals surface area contributed by atoms with E-state index in [2.05, 4.69) is 12.1 Å². The van der Waals surface area contributed by atoms with E-state index in [-0.39, 0.29) is 5.41 Å². The predicted octanol–water partition coefficient (Wildman–Crippen LogP) is 3.81. The van der Waals surface area contributed by atoms with E-state index in [1.165, 1.54) is 12.8 Å². The van der Waals surface area contributed by atoms with Gasteiger partial charge in [-0.15, -0.1) is 0 Å². The summed E-state index contributed by atoms with van der Waals surface area (Å²) in [5, 5.41) is 9.59. The molecule has 0 unspecified atom stereocenters. The van der Waals surface area contributed by atoms with Gasteiger partial charge < -0.3 is 4.74 Å². The Balaban J connectivity index is 2.35. The smallest absolute Gasteiger partial charge is 0.119 e. The quantitative estimate of drug-likeness (QED) is 0.722. The van der Waals surface area contributed by atoms with Crippen molar-refractivity contribution in [2.75, 3.05) is 7.11 Å². The van der Waals surface area contributed by atoms with Crippen LogP contribution in [-0.4, -0.2) is 7.11 Å². The molecule has 0 aromatic heterocycles. The van der Waals surface area contributed by atoms with Crippen LogP contribution in [0.15, 0.2) is 24.3 Å². The fraction of sp³-hybridized carbons (Fsp3) is 0.533. The first-order valence-electron chi connectivity index (χ1n) is 6.36. The molecule has 0 atom stereocenters. The topological polar surface area (TPSA) is 33.0 Å². The molecule has 1 aliphatic carbocycles. The van der Waals surface area contributed by atoms with Crippen molar-refractivity contribution in [2.24, 2.45) is 0 Å². The van der Waals surface area contributed by atoms with Gasteiger partial charge in [0, 0.05) is 0 Å². The van der Waals surface area contributed by atoms with Crippen LogP contribution in [-0.2, 0) is 5.41 Å². The van der Waals surface area contributed by atoms with Gasteiger partial charge in [0.15, 0.2) is 0 Å². The third-order valence-electron chi connectivity index (χ3n) is 3.79. The number of benzene rings is 1. The normalized spacial score (nSPS) is 19.1. The molecule has 0 amide bonds. The van der Waals surface area contributed by atoms with E-state index in [4.69, 9.17) is 4.74 Å². The van der Waals surface area contributed by atoms with Gasteiger partial charge in [0.1, 0.15) is 5.75 Å². The van der Waals surface area contributed by atoms with Crippen molar-refractivity contribution in [3.05, 3.63) is 29.8 Å². The highest BCUT2D eigenvalue weighted by Crippen LogP contribution is 2.38. The van der Waals surface area contributed by atoms with Crippen LogP contribution in [0.4, 0.5) is 0 Å². The lowest BCUT2D eigenvalue weighted by molar-refractivity contribution is 0.410. The zero-order chi connectivity index (χ0) is 12.1. The Kier molecular flexibility index (Phi) is 3.68. The van der Waals surface area contributed by atoms with Crippen LogP contribution in [0.5, 0.6) is 5.75 Å². The molecule has 0 radical (unpaired) electrons. The van der Waals surface area contributed by atoms with Crippen LogP contribution >= 0.6 is 0 Å². The van der Waals surface area contributed by atoms with E-state index >= 15 is 0 Å². The van der Waals surface area contributed by atoms with Gasteiger partial charge in [-0.25, -0.2) is 0 Å². The third kappa shape index (κ3) is 2.44. The maximum atomic E-state index is 9.59. The van der Waals surface area contributed by atoms with Gasteiger partial charge in [0.2, 0.25) is 0 Å². The minimum Gasteiger partial charge on any atom is -0.497 e. The van der Waals surface area contributed by atoms with Crippen molar-refractivity contribution in [1.82, 2.24) is 0 Å². The molecule has 0 saturated heterocycles. The van der Waals surface area contributed by atoms with Gasteiger partial charge in [0.25, 0.3) is 0 Å². The van der Waals surface area contributed by atoms with Gasteiger partial charge in [-0.2, -0.15) is 5.26 Å². The molecule has 1 fully saturated rings. The molecule has 0 spiro atoms. The molecule has 0 heterocycles. The number of ether oxygens (including phenoxy) is 1. The molecule has 0 N–H and O–H groups in total. The monoisotopic (exact) mass is 229 g/mol. The van der Waals surface area contributed by atoms with Crippen LogP contribution < -0.4 is 4.74 Å². The Morgan fingerprint density at radius 2 is 1.88 bits per heavy atom. The lowest BCUT2D eigenvalue weighted by atomic mass is 9.75. The van der Waals surface area contributed by atoms with Crippen LogP contribution in [0.1, 0.15) is 44.1 Å². The van der Waals surface area contributed by atoms with Crippen molar-refractivity contribution < 1.29 is 4.74 Å². The van der Waals surface area contributed by atoms with Crippen molar-refractivity contribution in [1.29, 1.82) is 5.26 Å². The van der Waals surface area contributed by atoms with E-state index in [0.29, 0.717) is 0 Å². The molecule has 17 heavy (non-hydrogen) atoms. The van der Waals surface area contributed by atoms with Gasteiger partial charge in [0.05, 0.1) is 18.6 Å². The first kappa shape index (κ1) is 12.0. The fourth-order valence-electron chi connectivity index (χ4n) is 2.72. The molecule has 2 rings (SSSR count). The summed E-state index contributed by atoms with van der Waals surface area (Å²) in [4.78, 5) is 0. The largest absolute Gasteiger partial charge is 0.497 e. The molecule has 1 aromatic rings. The summed E-state index contributed by atoms with van der Waals surface area (Å²) < 4.78 is 5.26. The highest BCUT2D eigenvalue weighted by Gasteiger charge is 2.33. The second-order valence-corrected chi connectivity index (χ2v) is 4.84. The molecular formula is C15H19NO. The molecule has 1 aliphatic rings. The summed E-state index contributed by atoms with van der Waals surface area (Å²) in [7, 11) is 1.67. The lowest BCUT2D eigenvalue weighted by Crippen LogP contribution is -2.23. The van der Waals surface area contributed by atoms with Crippen molar-refractivity contribution >= 4 is 0 Å². The Hall–Kier alpha value is -1.49. The fourth-order valence-corrected chi connectivity index (χ4v) is 2.72. The third-order valence-corrected chi connectivity index (χ3v) is 3.79. The summed E-state index contributed by atoms with van der Waals surface area (Å²) in [5.74, 6) is 0.848. The van der Waals surface area contributed by atoms with E-state index in [0.717, 1.165) is 37.0 Å². The summed E-state index contributed by atoms with van der Waals surface area (Å²) in [6, 6.07) is 10.6. The summed E-state index contributed by atoms with van der Waals surface area (Å²) in [6.07, 6.45) is 6.80. The number of rotatable bonds is 2. The number of methoxy groups -OCH3 is 1. The van der Waals surface area contributed by atoms with Crippen molar-refractivity contribution in [2.45, 2.75) is 43.9 Å². The first-order valence-corrected chi connectivity index (χ1v) is 6.36. The van der Waals surface area contributed by atoms with Crippen LogP contribution in [0, 0.1) is 11.3 Å². The van der Waals surface area contributed by atoms with Gasteiger partial charge >= 0.3 is 0 Å². The van der Waals surface area contributed by atoms with E-state index in [1.807, 2.05) is 18.2 Å². The van der Waals surface area contributed by atoms with Gasteiger partial charge in [-0.1, -0.05) is 37.8 Å². The average Bonchev–Trinajstić information content (AvgIpc) is 2.65. The number of hydrogen-bond donors (Lipinski definition) is 0. The second-order valence-electron chi connectivity index (χ2n) is 4.84. The zero-order valence-corrected chi connectivity index (χ0v) is 10.4. The Labute approximate surface area is 103 Å². The number of hydrogen-bond acceptors (Lipinski definition) is 2. The van der Waals surface area contributed by atoms with E-state index in [9.17, 15) is 5.26 Å². The maximum Gasteiger partial charge on any atom is 0.119 e. The van der Waals surface area contributed by atoms with Gasteiger partial charge in [-0.3, -0.25) is 0 Å². The van der Waals surface area contributed by atoms with Crippen LogP contribution in [0.25, 0.3) is 0 Å². The van der Waals surface area contributed by atoms with Crippen molar-refractivity contribution in [3.8, 4) is 11.8 Å². The van der Waals surface area contributed by atoms with Crippen molar-refractivity contribution in [3.63, 3.8) is 0 Å². The molecule has 1 aromatic carbocycles. The molecule has 0 bridgehead atoms. The molecule has 2 heteroatoms. The Bertz CT molecular complexity index is 411.